The Balaban J connectivity index is 2.36. The van der Waals surface area contributed by atoms with Crippen LogP contribution in [-0.2, 0) is 0 Å². The van der Waals surface area contributed by atoms with Crippen molar-refractivity contribution in [2.45, 2.75) is 57.6 Å². The van der Waals surface area contributed by atoms with Crippen molar-refractivity contribution >= 4 is 11.8 Å². The fourth-order valence-electron chi connectivity index (χ4n) is 2.59. The molecule has 0 spiro atoms. The van der Waals surface area contributed by atoms with Gasteiger partial charge in [-0.1, -0.05) is 27.7 Å². The van der Waals surface area contributed by atoms with Crippen LogP contribution in [0, 0.1) is 5.92 Å². The van der Waals surface area contributed by atoms with Crippen molar-refractivity contribution in [3.63, 3.8) is 0 Å². The molecule has 0 aromatic carbocycles. The van der Waals surface area contributed by atoms with Gasteiger partial charge in [0.2, 0.25) is 0 Å². The maximum Gasteiger partial charge on any atom is 0.0149 e. The molecule has 1 heterocycles. The summed E-state index contributed by atoms with van der Waals surface area (Å²) in [7, 11) is 0. The monoisotopic (exact) mass is 258 g/mol. The Morgan fingerprint density at radius 2 is 1.82 bits per heavy atom. The number of thioether (sulfide) groups is 1. The Morgan fingerprint density at radius 3 is 2.35 bits per heavy atom. The number of nitrogens with one attached hydrogen (secondary N) is 1. The molecule has 17 heavy (non-hydrogen) atoms. The van der Waals surface area contributed by atoms with Crippen molar-refractivity contribution in [2.75, 3.05) is 26.2 Å². The third-order valence-corrected chi connectivity index (χ3v) is 4.97. The van der Waals surface area contributed by atoms with Crippen LogP contribution < -0.4 is 5.32 Å². The van der Waals surface area contributed by atoms with Crippen molar-refractivity contribution in [3.05, 3.63) is 0 Å². The van der Waals surface area contributed by atoms with Crippen LogP contribution in [0.4, 0.5) is 0 Å². The summed E-state index contributed by atoms with van der Waals surface area (Å²) >= 11 is 2.14. The van der Waals surface area contributed by atoms with Gasteiger partial charge in [0, 0.05) is 29.6 Å². The fourth-order valence-corrected chi connectivity index (χ4v) is 3.94. The van der Waals surface area contributed by atoms with E-state index in [0.717, 1.165) is 29.5 Å². The molecule has 4 atom stereocenters. The molecular formula is C14H30N2S. The lowest BCUT2D eigenvalue weighted by Crippen LogP contribution is -2.49. The lowest BCUT2D eigenvalue weighted by molar-refractivity contribution is 0.157. The highest BCUT2D eigenvalue weighted by Gasteiger charge is 2.27. The lowest BCUT2D eigenvalue weighted by atomic mass is 10.0. The average molecular weight is 258 g/mol. The largest absolute Gasteiger partial charge is 0.316 e. The van der Waals surface area contributed by atoms with Crippen molar-refractivity contribution < 1.29 is 0 Å². The first-order chi connectivity index (χ1) is 8.04. The zero-order chi connectivity index (χ0) is 12.8. The summed E-state index contributed by atoms with van der Waals surface area (Å²) in [6.45, 7) is 16.5. The molecule has 3 heteroatoms. The highest BCUT2D eigenvalue weighted by molar-refractivity contribution is 8.00. The topological polar surface area (TPSA) is 15.3 Å². The first-order valence-electron chi connectivity index (χ1n) is 7.14. The molecule has 0 aromatic rings. The summed E-state index contributed by atoms with van der Waals surface area (Å²) in [6.07, 6.45) is 1.23. The van der Waals surface area contributed by atoms with E-state index in [1.807, 2.05) is 0 Å². The molecule has 0 aromatic heterocycles. The lowest BCUT2D eigenvalue weighted by Gasteiger charge is -2.40. The standard InChI is InChI=1S/C14H30N2S/c1-6-7-15-8-11(2)14(5)16-9-12(3)17-13(4)10-16/h11-15H,6-10H2,1-5H3. The van der Waals surface area contributed by atoms with E-state index >= 15 is 0 Å². The third-order valence-electron chi connectivity index (χ3n) is 3.74. The minimum absolute atomic E-state index is 0.699. The smallest absolute Gasteiger partial charge is 0.0149 e. The second-order valence-electron chi connectivity index (χ2n) is 5.63. The molecule has 0 radical (unpaired) electrons. The van der Waals surface area contributed by atoms with Crippen LogP contribution in [0.15, 0.2) is 0 Å². The quantitative estimate of drug-likeness (QED) is 0.738. The van der Waals surface area contributed by atoms with Crippen LogP contribution in [0.3, 0.4) is 0 Å². The Labute approximate surface area is 112 Å². The predicted molar refractivity (Wildman–Crippen MR) is 79.9 cm³/mol. The second-order valence-corrected chi connectivity index (χ2v) is 7.51. The summed E-state index contributed by atoms with van der Waals surface area (Å²) < 4.78 is 0. The third kappa shape index (κ3) is 5.19. The maximum atomic E-state index is 3.55. The Hall–Kier alpha value is 0.270. The highest BCUT2D eigenvalue weighted by Crippen LogP contribution is 2.27. The van der Waals surface area contributed by atoms with Gasteiger partial charge in [-0.3, -0.25) is 4.90 Å². The zero-order valence-electron chi connectivity index (χ0n) is 12.2. The van der Waals surface area contributed by atoms with Gasteiger partial charge >= 0.3 is 0 Å². The molecular weight excluding hydrogens is 228 g/mol. The van der Waals surface area contributed by atoms with Crippen LogP contribution in [0.5, 0.6) is 0 Å². The number of hydrogen-bond acceptors (Lipinski definition) is 3. The normalized spacial score (nSPS) is 30.2. The molecule has 1 aliphatic heterocycles. The molecule has 0 bridgehead atoms. The fraction of sp³-hybridized carbons (Fsp3) is 1.00. The molecule has 1 saturated heterocycles. The first kappa shape index (κ1) is 15.3. The molecule has 102 valence electrons. The number of nitrogens with zero attached hydrogens (tertiary/aromatic N) is 1. The Kier molecular flexibility index (Phi) is 6.90. The summed E-state index contributed by atoms with van der Waals surface area (Å²) in [5.74, 6) is 0.740. The van der Waals surface area contributed by atoms with E-state index in [4.69, 9.17) is 0 Å². The van der Waals surface area contributed by atoms with Gasteiger partial charge in [-0.2, -0.15) is 11.8 Å². The Bertz CT molecular complexity index is 200. The number of rotatable bonds is 6. The van der Waals surface area contributed by atoms with Gasteiger partial charge in [-0.25, -0.2) is 0 Å². The highest BCUT2D eigenvalue weighted by atomic mass is 32.2. The molecule has 1 rings (SSSR count). The van der Waals surface area contributed by atoms with Crippen LogP contribution in [0.2, 0.25) is 0 Å². The van der Waals surface area contributed by atoms with E-state index in [1.54, 1.807) is 0 Å². The summed E-state index contributed by atoms with van der Waals surface area (Å²) in [6, 6.07) is 0.699. The molecule has 1 fully saturated rings. The van der Waals surface area contributed by atoms with Gasteiger partial charge in [0.15, 0.2) is 0 Å². The van der Waals surface area contributed by atoms with Crippen LogP contribution >= 0.6 is 11.8 Å². The van der Waals surface area contributed by atoms with Crippen molar-refractivity contribution in [1.82, 2.24) is 10.2 Å². The second kappa shape index (κ2) is 7.65. The predicted octanol–water partition coefficient (Wildman–Crippen LogP) is 2.84. The zero-order valence-corrected chi connectivity index (χ0v) is 13.0. The molecule has 0 aliphatic carbocycles. The van der Waals surface area contributed by atoms with Crippen molar-refractivity contribution in [1.29, 1.82) is 0 Å². The Morgan fingerprint density at radius 1 is 1.24 bits per heavy atom. The van der Waals surface area contributed by atoms with Crippen LogP contribution in [0.1, 0.15) is 41.0 Å². The van der Waals surface area contributed by atoms with Crippen molar-refractivity contribution in [3.8, 4) is 0 Å². The molecule has 1 N–H and O–H groups in total. The summed E-state index contributed by atoms with van der Waals surface area (Å²) in [5.41, 5.74) is 0. The van der Waals surface area contributed by atoms with Gasteiger partial charge in [-0.15, -0.1) is 0 Å². The minimum atomic E-state index is 0.699. The molecule has 1 aliphatic rings. The average Bonchev–Trinajstić information content (AvgIpc) is 2.27. The van der Waals surface area contributed by atoms with Gasteiger partial charge < -0.3 is 5.32 Å². The SMILES string of the molecule is CCCNCC(C)C(C)N1CC(C)SC(C)C1. The summed E-state index contributed by atoms with van der Waals surface area (Å²) in [4.78, 5) is 2.68. The maximum absolute atomic E-state index is 3.55. The van der Waals surface area contributed by atoms with Crippen LogP contribution in [-0.4, -0.2) is 47.6 Å². The van der Waals surface area contributed by atoms with Gasteiger partial charge in [0.1, 0.15) is 0 Å². The van der Waals surface area contributed by atoms with E-state index in [-0.39, 0.29) is 0 Å². The first-order valence-corrected chi connectivity index (χ1v) is 8.09. The molecule has 0 amide bonds. The molecule has 4 unspecified atom stereocenters. The van der Waals surface area contributed by atoms with E-state index in [2.05, 4.69) is 56.6 Å². The van der Waals surface area contributed by atoms with Crippen molar-refractivity contribution in [2.24, 2.45) is 5.92 Å². The van der Waals surface area contributed by atoms with E-state index in [9.17, 15) is 0 Å². The molecule has 2 nitrogen and oxygen atoms in total. The van der Waals surface area contributed by atoms with E-state index in [0.29, 0.717) is 6.04 Å². The molecule has 0 saturated carbocycles. The van der Waals surface area contributed by atoms with Gasteiger partial charge in [0.25, 0.3) is 0 Å². The van der Waals surface area contributed by atoms with E-state index in [1.165, 1.54) is 19.5 Å². The van der Waals surface area contributed by atoms with Gasteiger partial charge in [0.05, 0.1) is 0 Å². The number of hydrogen-bond donors (Lipinski definition) is 1. The summed E-state index contributed by atoms with van der Waals surface area (Å²) in [5, 5.41) is 5.12. The minimum Gasteiger partial charge on any atom is -0.316 e. The van der Waals surface area contributed by atoms with Crippen LogP contribution in [0.25, 0.3) is 0 Å². The van der Waals surface area contributed by atoms with Gasteiger partial charge in [-0.05, 0) is 32.4 Å². The van der Waals surface area contributed by atoms with E-state index < -0.39 is 0 Å².